The zero-order valence-corrected chi connectivity index (χ0v) is 21.0. The number of sulfonamides is 1. The van der Waals surface area contributed by atoms with Gasteiger partial charge in [-0.05, 0) is 75.3 Å². The van der Waals surface area contributed by atoms with Gasteiger partial charge in [0.25, 0.3) is 15.9 Å². The molecule has 0 aliphatic carbocycles. The van der Waals surface area contributed by atoms with Crippen molar-refractivity contribution in [1.82, 2.24) is 4.90 Å². The Morgan fingerprint density at radius 1 is 0.912 bits per heavy atom. The summed E-state index contributed by atoms with van der Waals surface area (Å²) >= 11 is 0. The number of hydrogen-bond acceptors (Lipinski definition) is 4. The number of furan rings is 1. The molecule has 180 valence electrons. The van der Waals surface area contributed by atoms with Crippen LogP contribution >= 0.6 is 0 Å². The van der Waals surface area contributed by atoms with Crippen LogP contribution in [0, 0.1) is 20.8 Å². The first-order valence-corrected chi connectivity index (χ1v) is 13.7. The molecule has 0 unspecified atom stereocenters. The van der Waals surface area contributed by atoms with Gasteiger partial charge in [-0.3, -0.25) is 9.10 Å². The minimum Gasteiger partial charge on any atom is -0.449 e. The molecule has 1 saturated heterocycles. The van der Waals surface area contributed by atoms with Crippen LogP contribution < -0.4 is 4.31 Å². The fourth-order valence-corrected chi connectivity index (χ4v) is 7.29. The summed E-state index contributed by atoms with van der Waals surface area (Å²) in [6.45, 7) is 7.45. The quantitative estimate of drug-likeness (QED) is 0.495. The summed E-state index contributed by atoms with van der Waals surface area (Å²) < 4.78 is 36.0. The molecule has 2 aromatic carbocycles. The van der Waals surface area contributed by atoms with E-state index in [9.17, 15) is 13.2 Å². The van der Waals surface area contributed by atoms with Crippen molar-refractivity contribution in [2.24, 2.45) is 0 Å². The summed E-state index contributed by atoms with van der Waals surface area (Å²) in [6.07, 6.45) is 5.84. The van der Waals surface area contributed by atoms with Crippen molar-refractivity contribution in [3.63, 3.8) is 0 Å². The number of aryl methyl sites for hydroxylation is 3. The second kappa shape index (κ2) is 8.77. The van der Waals surface area contributed by atoms with E-state index >= 15 is 0 Å². The highest BCUT2D eigenvalue weighted by Crippen LogP contribution is 2.39. The summed E-state index contributed by atoms with van der Waals surface area (Å²) in [6, 6.07) is 9.63. The van der Waals surface area contributed by atoms with Gasteiger partial charge in [0.1, 0.15) is 4.90 Å². The van der Waals surface area contributed by atoms with Gasteiger partial charge in [0, 0.05) is 30.6 Å². The molecule has 1 amide bonds. The Morgan fingerprint density at radius 2 is 1.62 bits per heavy atom. The number of para-hydroxylation sites is 1. The van der Waals surface area contributed by atoms with E-state index in [0.717, 1.165) is 55.3 Å². The van der Waals surface area contributed by atoms with Crippen LogP contribution in [0.1, 0.15) is 64.9 Å². The van der Waals surface area contributed by atoms with Gasteiger partial charge in [-0.2, -0.15) is 0 Å². The van der Waals surface area contributed by atoms with Crippen molar-refractivity contribution < 1.29 is 17.6 Å². The van der Waals surface area contributed by atoms with Gasteiger partial charge in [0.2, 0.25) is 0 Å². The predicted molar refractivity (Wildman–Crippen MR) is 134 cm³/mol. The Bertz CT molecular complexity index is 1370. The molecule has 0 saturated carbocycles. The summed E-state index contributed by atoms with van der Waals surface area (Å²) in [4.78, 5) is 15.4. The van der Waals surface area contributed by atoms with E-state index < -0.39 is 10.0 Å². The molecule has 0 atom stereocenters. The van der Waals surface area contributed by atoms with Gasteiger partial charge in [0.05, 0.1) is 5.69 Å². The maximum atomic E-state index is 14.1. The zero-order chi connectivity index (χ0) is 24.0. The van der Waals surface area contributed by atoms with E-state index in [1.54, 1.807) is 0 Å². The number of amides is 1. The first kappa shape index (κ1) is 23.0. The minimum absolute atomic E-state index is 0.141. The molecular weight excluding hydrogens is 448 g/mol. The summed E-state index contributed by atoms with van der Waals surface area (Å²) in [7, 11) is -3.90. The first-order valence-electron chi connectivity index (χ1n) is 12.2. The van der Waals surface area contributed by atoms with Crippen LogP contribution in [-0.4, -0.2) is 38.9 Å². The van der Waals surface area contributed by atoms with Crippen LogP contribution in [0.15, 0.2) is 39.6 Å². The highest BCUT2D eigenvalue weighted by molar-refractivity contribution is 7.93. The zero-order valence-electron chi connectivity index (χ0n) is 20.2. The van der Waals surface area contributed by atoms with E-state index in [0.29, 0.717) is 41.7 Å². The maximum absolute atomic E-state index is 14.1. The van der Waals surface area contributed by atoms with Crippen molar-refractivity contribution in [1.29, 1.82) is 0 Å². The lowest BCUT2D eigenvalue weighted by molar-refractivity contribution is 0.0731. The standard InChI is InChI=1S/C27H32N2O4S/c1-18-17-22-20(3)24(27(30)28-14-8-4-5-9-15-28)33-25(22)26(19(18)2)34(31,32)29-16-10-12-21-11-6-7-13-23(21)29/h6-7,11,13,17H,4-5,8-10,12,14-16H2,1-3H3. The van der Waals surface area contributed by atoms with Crippen molar-refractivity contribution in [3.8, 4) is 0 Å². The number of carbonyl (C=O) groups is 1. The molecule has 1 aromatic heterocycles. The molecule has 5 rings (SSSR count). The maximum Gasteiger partial charge on any atom is 0.289 e. The Labute approximate surface area is 201 Å². The lowest BCUT2D eigenvalue weighted by atomic mass is 10.0. The number of fused-ring (bicyclic) bond motifs is 2. The minimum atomic E-state index is -3.90. The smallest absolute Gasteiger partial charge is 0.289 e. The Hall–Kier alpha value is -2.80. The summed E-state index contributed by atoms with van der Waals surface area (Å²) in [5, 5.41) is 0.699. The van der Waals surface area contributed by atoms with Crippen LogP contribution in [0.5, 0.6) is 0 Å². The van der Waals surface area contributed by atoms with Gasteiger partial charge < -0.3 is 9.32 Å². The van der Waals surface area contributed by atoms with Crippen LogP contribution in [0.2, 0.25) is 0 Å². The van der Waals surface area contributed by atoms with Gasteiger partial charge >= 0.3 is 0 Å². The number of hydrogen-bond donors (Lipinski definition) is 0. The van der Waals surface area contributed by atoms with E-state index in [2.05, 4.69) is 0 Å². The van der Waals surface area contributed by atoms with Crippen molar-refractivity contribution in [3.05, 3.63) is 58.3 Å². The fraction of sp³-hybridized carbons (Fsp3) is 0.444. The lowest BCUT2D eigenvalue weighted by Gasteiger charge is -2.31. The molecule has 6 nitrogen and oxygen atoms in total. The van der Waals surface area contributed by atoms with Crippen LogP contribution in [0.25, 0.3) is 11.0 Å². The van der Waals surface area contributed by atoms with Crippen LogP contribution in [0.3, 0.4) is 0 Å². The molecule has 0 bridgehead atoms. The molecule has 0 radical (unpaired) electrons. The molecule has 0 N–H and O–H groups in total. The Balaban J connectivity index is 1.67. The van der Waals surface area contributed by atoms with Gasteiger partial charge in [-0.15, -0.1) is 0 Å². The second-order valence-corrected chi connectivity index (χ2v) is 11.4. The summed E-state index contributed by atoms with van der Waals surface area (Å²) in [5.74, 6) is 0.120. The van der Waals surface area contributed by atoms with Crippen molar-refractivity contribution >= 4 is 32.6 Å². The van der Waals surface area contributed by atoms with Gasteiger partial charge in [-0.25, -0.2) is 8.42 Å². The number of nitrogens with zero attached hydrogens (tertiary/aromatic N) is 2. The molecule has 2 aliphatic heterocycles. The van der Waals surface area contributed by atoms with Crippen LogP contribution in [-0.2, 0) is 16.4 Å². The number of rotatable bonds is 3. The van der Waals surface area contributed by atoms with Gasteiger partial charge in [-0.1, -0.05) is 31.0 Å². The van der Waals surface area contributed by atoms with E-state index in [1.807, 2.05) is 56.0 Å². The SMILES string of the molecule is Cc1cc2c(C)c(C(=O)N3CCCCCC3)oc2c(S(=O)(=O)N2CCCc3ccccc32)c1C. The third-order valence-corrected chi connectivity index (χ3v) is 9.36. The van der Waals surface area contributed by atoms with Crippen molar-refractivity contribution in [2.75, 3.05) is 23.9 Å². The molecule has 3 heterocycles. The second-order valence-electron chi connectivity index (χ2n) is 9.60. The normalized spacial score (nSPS) is 17.0. The topological polar surface area (TPSA) is 70.8 Å². The Kier molecular flexibility index (Phi) is 5.92. The van der Waals surface area contributed by atoms with Crippen molar-refractivity contribution in [2.45, 2.75) is 64.2 Å². The highest BCUT2D eigenvalue weighted by Gasteiger charge is 2.35. The summed E-state index contributed by atoms with van der Waals surface area (Å²) in [5.41, 5.74) is 4.30. The third kappa shape index (κ3) is 3.70. The number of anilines is 1. The highest BCUT2D eigenvalue weighted by atomic mass is 32.2. The largest absolute Gasteiger partial charge is 0.449 e. The fourth-order valence-electron chi connectivity index (χ4n) is 5.33. The third-order valence-electron chi connectivity index (χ3n) is 7.40. The van der Waals surface area contributed by atoms with E-state index in [4.69, 9.17) is 4.42 Å². The molecule has 3 aromatic rings. The molecule has 7 heteroatoms. The van der Waals surface area contributed by atoms with Gasteiger partial charge in [0.15, 0.2) is 11.3 Å². The average Bonchev–Trinajstić information content (AvgIpc) is 3.00. The first-order chi connectivity index (χ1) is 16.3. The number of likely N-dealkylation sites (tertiary alicyclic amines) is 1. The number of carbonyl (C=O) groups excluding carboxylic acids is 1. The Morgan fingerprint density at radius 3 is 2.35 bits per heavy atom. The molecule has 34 heavy (non-hydrogen) atoms. The molecule has 0 spiro atoms. The van der Waals surface area contributed by atoms with Crippen LogP contribution in [0.4, 0.5) is 5.69 Å². The van der Waals surface area contributed by atoms with E-state index in [1.165, 1.54) is 4.31 Å². The monoisotopic (exact) mass is 480 g/mol. The number of benzene rings is 2. The predicted octanol–water partition coefficient (Wildman–Crippen LogP) is 5.52. The molecule has 1 fully saturated rings. The van der Waals surface area contributed by atoms with E-state index in [-0.39, 0.29) is 16.6 Å². The molecular formula is C27H32N2O4S. The lowest BCUT2D eigenvalue weighted by Crippen LogP contribution is -2.36. The average molecular weight is 481 g/mol. The molecule has 2 aliphatic rings.